The fourth-order valence-electron chi connectivity index (χ4n) is 2.38. The molecule has 0 saturated heterocycles. The summed E-state index contributed by atoms with van der Waals surface area (Å²) >= 11 is 0. The van der Waals surface area contributed by atoms with Gasteiger partial charge >= 0.3 is 0 Å². The molecule has 1 heterocycles. The van der Waals surface area contributed by atoms with Crippen LogP contribution in [0, 0.1) is 0 Å². The van der Waals surface area contributed by atoms with Gasteiger partial charge in [0.15, 0.2) is 0 Å². The fraction of sp³-hybridized carbons (Fsp3) is 0.588. The van der Waals surface area contributed by atoms with Crippen LogP contribution in [0.2, 0.25) is 0 Å². The molecule has 0 aromatic carbocycles. The molecule has 0 bridgehead atoms. The molecule has 0 radical (unpaired) electrons. The Labute approximate surface area is 147 Å². The molecule has 0 aromatic heterocycles. The first-order chi connectivity index (χ1) is 11.8. The smallest absolute Gasteiger partial charge is 0.254 e. The molecule has 0 aliphatic carbocycles. The number of carbonyl (C=O) groups excluding carboxylic acids is 5. The first kappa shape index (κ1) is 20.7. The molecule has 0 fully saturated rings. The lowest BCUT2D eigenvalue weighted by Gasteiger charge is -2.16. The SMILES string of the molecule is CCC(=O)C(CCCCNC(=O)CN1C(=O)C=CC1=O)NCC(C)=O. The predicted molar refractivity (Wildman–Crippen MR) is 90.5 cm³/mol. The number of hydrogen-bond donors (Lipinski definition) is 2. The molecule has 8 nitrogen and oxygen atoms in total. The van der Waals surface area contributed by atoms with E-state index in [1.165, 1.54) is 6.92 Å². The Morgan fingerprint density at radius 1 is 1.12 bits per heavy atom. The summed E-state index contributed by atoms with van der Waals surface area (Å²) in [6.07, 6.45) is 4.61. The number of nitrogens with zero attached hydrogens (tertiary/aromatic N) is 1. The molecule has 138 valence electrons. The molecular formula is C17H25N3O5. The number of rotatable bonds is 12. The van der Waals surface area contributed by atoms with Gasteiger partial charge in [0.05, 0.1) is 12.6 Å². The summed E-state index contributed by atoms with van der Waals surface area (Å²) < 4.78 is 0. The first-order valence-electron chi connectivity index (χ1n) is 8.41. The number of carbonyl (C=O) groups is 5. The van der Waals surface area contributed by atoms with Gasteiger partial charge in [-0.25, -0.2) is 0 Å². The molecular weight excluding hydrogens is 326 g/mol. The lowest BCUT2D eigenvalue weighted by molar-refractivity contribution is -0.141. The Morgan fingerprint density at radius 3 is 2.32 bits per heavy atom. The average molecular weight is 351 g/mol. The van der Waals surface area contributed by atoms with Crippen molar-refractivity contribution in [2.24, 2.45) is 0 Å². The van der Waals surface area contributed by atoms with Crippen LogP contribution in [0.1, 0.15) is 39.5 Å². The Balaban J connectivity index is 2.23. The van der Waals surface area contributed by atoms with Crippen molar-refractivity contribution in [1.29, 1.82) is 0 Å². The van der Waals surface area contributed by atoms with Gasteiger partial charge in [-0.2, -0.15) is 0 Å². The third-order valence-corrected chi connectivity index (χ3v) is 3.78. The van der Waals surface area contributed by atoms with Crippen LogP contribution in [0.4, 0.5) is 0 Å². The average Bonchev–Trinajstić information content (AvgIpc) is 2.88. The zero-order valence-corrected chi connectivity index (χ0v) is 14.7. The second-order valence-electron chi connectivity index (χ2n) is 5.90. The standard InChI is InChI=1S/C17H25N3O5/c1-3-14(22)13(19-10-12(2)21)6-4-5-9-18-15(23)11-20-16(24)7-8-17(20)25/h7-8,13,19H,3-6,9-11H2,1-2H3,(H,18,23). The van der Waals surface area contributed by atoms with E-state index in [4.69, 9.17) is 0 Å². The molecule has 0 spiro atoms. The highest BCUT2D eigenvalue weighted by Gasteiger charge is 2.25. The minimum Gasteiger partial charge on any atom is -0.355 e. The predicted octanol–water partition coefficient (Wildman–Crippen LogP) is -0.276. The first-order valence-corrected chi connectivity index (χ1v) is 8.41. The van der Waals surface area contributed by atoms with Gasteiger partial charge in [-0.3, -0.25) is 28.9 Å². The van der Waals surface area contributed by atoms with E-state index in [0.29, 0.717) is 32.2 Å². The number of hydrogen-bond acceptors (Lipinski definition) is 6. The molecule has 3 amide bonds. The highest BCUT2D eigenvalue weighted by atomic mass is 16.2. The molecule has 1 aliphatic rings. The molecule has 1 aliphatic heterocycles. The van der Waals surface area contributed by atoms with Gasteiger partial charge in [-0.15, -0.1) is 0 Å². The van der Waals surface area contributed by atoms with Crippen LogP contribution in [0.5, 0.6) is 0 Å². The highest BCUT2D eigenvalue weighted by molar-refractivity contribution is 6.14. The number of unbranched alkanes of at least 4 members (excludes halogenated alkanes) is 1. The van der Waals surface area contributed by atoms with Crippen LogP contribution in [0.25, 0.3) is 0 Å². The van der Waals surface area contributed by atoms with E-state index in [-0.39, 0.29) is 30.7 Å². The summed E-state index contributed by atoms with van der Waals surface area (Å²) in [4.78, 5) is 58.2. The second-order valence-corrected chi connectivity index (χ2v) is 5.90. The van der Waals surface area contributed by atoms with Crippen LogP contribution >= 0.6 is 0 Å². The number of nitrogens with one attached hydrogen (secondary N) is 2. The van der Waals surface area contributed by atoms with E-state index in [2.05, 4.69) is 10.6 Å². The van der Waals surface area contributed by atoms with Gasteiger partial charge in [0.1, 0.15) is 18.1 Å². The molecule has 8 heteroatoms. The van der Waals surface area contributed by atoms with Crippen LogP contribution in [-0.2, 0) is 24.0 Å². The van der Waals surface area contributed by atoms with E-state index >= 15 is 0 Å². The van der Waals surface area contributed by atoms with Crippen LogP contribution in [-0.4, -0.2) is 59.9 Å². The maximum atomic E-state index is 11.8. The molecule has 0 saturated carbocycles. The lowest BCUT2D eigenvalue weighted by atomic mass is 10.0. The summed E-state index contributed by atoms with van der Waals surface area (Å²) in [6, 6.07) is -0.351. The largest absolute Gasteiger partial charge is 0.355 e. The Morgan fingerprint density at radius 2 is 1.76 bits per heavy atom. The number of imide groups is 1. The van der Waals surface area contributed by atoms with Gasteiger partial charge in [0.25, 0.3) is 11.8 Å². The Bertz CT molecular complexity index is 553. The van der Waals surface area contributed by atoms with Crippen molar-refractivity contribution in [3.05, 3.63) is 12.2 Å². The minimum atomic E-state index is -0.488. The molecule has 25 heavy (non-hydrogen) atoms. The van der Waals surface area contributed by atoms with Crippen LogP contribution in [0.15, 0.2) is 12.2 Å². The van der Waals surface area contributed by atoms with Crippen molar-refractivity contribution >= 4 is 29.3 Å². The Hall–Kier alpha value is -2.35. The van der Waals surface area contributed by atoms with E-state index in [9.17, 15) is 24.0 Å². The minimum absolute atomic E-state index is 0.0262. The summed E-state index contributed by atoms with van der Waals surface area (Å²) in [7, 11) is 0. The zero-order chi connectivity index (χ0) is 18.8. The van der Waals surface area contributed by atoms with Gasteiger partial charge in [-0.05, 0) is 26.2 Å². The van der Waals surface area contributed by atoms with Gasteiger partial charge in [0.2, 0.25) is 5.91 Å². The van der Waals surface area contributed by atoms with Gasteiger partial charge in [-0.1, -0.05) is 6.92 Å². The van der Waals surface area contributed by atoms with E-state index in [1.807, 2.05) is 0 Å². The lowest BCUT2D eigenvalue weighted by Crippen LogP contribution is -2.41. The van der Waals surface area contributed by atoms with Gasteiger partial charge in [0, 0.05) is 25.1 Å². The number of amides is 3. The van der Waals surface area contributed by atoms with Crippen LogP contribution < -0.4 is 10.6 Å². The summed E-state index contributed by atoms with van der Waals surface area (Å²) in [5.41, 5.74) is 0. The molecule has 0 aromatic rings. The topological polar surface area (TPSA) is 113 Å². The molecule has 1 rings (SSSR count). The number of Topliss-reactive ketones (excluding diaryl/α,β-unsaturated/α-hetero) is 2. The van der Waals surface area contributed by atoms with E-state index < -0.39 is 17.7 Å². The summed E-state index contributed by atoms with van der Waals surface area (Å²) in [5.74, 6) is -1.35. The fourth-order valence-corrected chi connectivity index (χ4v) is 2.38. The third-order valence-electron chi connectivity index (χ3n) is 3.78. The third kappa shape index (κ3) is 7.38. The quantitative estimate of drug-likeness (QED) is 0.369. The second kappa shape index (κ2) is 10.5. The van der Waals surface area contributed by atoms with E-state index in [1.54, 1.807) is 6.92 Å². The molecule has 1 unspecified atom stereocenters. The van der Waals surface area contributed by atoms with Crippen LogP contribution in [0.3, 0.4) is 0 Å². The van der Waals surface area contributed by atoms with Crippen molar-refractivity contribution in [2.75, 3.05) is 19.6 Å². The van der Waals surface area contributed by atoms with Crippen molar-refractivity contribution in [3.8, 4) is 0 Å². The van der Waals surface area contributed by atoms with Crippen molar-refractivity contribution in [3.63, 3.8) is 0 Å². The molecule has 1 atom stereocenters. The zero-order valence-electron chi connectivity index (χ0n) is 14.7. The van der Waals surface area contributed by atoms with Crippen molar-refractivity contribution in [1.82, 2.24) is 15.5 Å². The maximum absolute atomic E-state index is 11.8. The van der Waals surface area contributed by atoms with E-state index in [0.717, 1.165) is 17.1 Å². The van der Waals surface area contributed by atoms with Crippen molar-refractivity contribution < 1.29 is 24.0 Å². The molecule has 2 N–H and O–H groups in total. The maximum Gasteiger partial charge on any atom is 0.254 e. The monoisotopic (exact) mass is 351 g/mol. The normalized spacial score (nSPS) is 14.7. The summed E-state index contributed by atoms with van der Waals surface area (Å²) in [5, 5.41) is 5.60. The summed E-state index contributed by atoms with van der Waals surface area (Å²) in [6.45, 7) is 3.51. The number of ketones is 2. The van der Waals surface area contributed by atoms with Crippen molar-refractivity contribution in [2.45, 2.75) is 45.6 Å². The van der Waals surface area contributed by atoms with Gasteiger partial charge < -0.3 is 10.6 Å². The highest BCUT2D eigenvalue weighted by Crippen LogP contribution is 2.05. The Kier molecular flexibility index (Phi) is 8.69.